The molecule has 0 amide bonds. The molecule has 2 aliphatic rings. The Hall–Kier alpha value is -0.450. The molecule has 1 atom stereocenters. The van der Waals surface area contributed by atoms with Gasteiger partial charge >= 0.3 is 0 Å². The number of thiazole rings is 1. The minimum absolute atomic E-state index is 0.124. The van der Waals surface area contributed by atoms with Gasteiger partial charge in [-0.25, -0.2) is 4.98 Å². The molecule has 118 valence electrons. The summed E-state index contributed by atoms with van der Waals surface area (Å²) in [5.41, 5.74) is 0.772. The van der Waals surface area contributed by atoms with Crippen LogP contribution in [-0.4, -0.2) is 22.2 Å². The molecule has 1 aliphatic carbocycles. The predicted octanol–water partition coefficient (Wildman–Crippen LogP) is 3.80. The van der Waals surface area contributed by atoms with Crippen molar-refractivity contribution in [2.45, 2.75) is 90.0 Å². The molecule has 1 aromatic rings. The summed E-state index contributed by atoms with van der Waals surface area (Å²) in [6, 6.07) is 0.403. The Labute approximate surface area is 132 Å². The molecule has 1 aromatic heterocycles. The first kappa shape index (κ1) is 15.4. The van der Waals surface area contributed by atoms with E-state index in [4.69, 9.17) is 9.72 Å². The number of hydrogen-bond donors (Lipinski definition) is 1. The smallest absolute Gasteiger partial charge is 0.116 e. The van der Waals surface area contributed by atoms with Crippen LogP contribution in [0.3, 0.4) is 0 Å². The van der Waals surface area contributed by atoms with Gasteiger partial charge in [-0.2, -0.15) is 0 Å². The Kier molecular flexibility index (Phi) is 3.51. The quantitative estimate of drug-likeness (QED) is 0.922. The van der Waals surface area contributed by atoms with Crippen LogP contribution in [0.2, 0.25) is 0 Å². The van der Waals surface area contributed by atoms with Gasteiger partial charge in [-0.3, -0.25) is 0 Å². The highest BCUT2D eigenvalue weighted by Gasteiger charge is 2.60. The second-order valence-corrected chi connectivity index (χ2v) is 9.08. The van der Waals surface area contributed by atoms with Gasteiger partial charge in [0.15, 0.2) is 0 Å². The van der Waals surface area contributed by atoms with E-state index in [2.05, 4.69) is 46.9 Å². The zero-order chi connectivity index (χ0) is 15.5. The van der Waals surface area contributed by atoms with Crippen molar-refractivity contribution in [3.63, 3.8) is 0 Å². The van der Waals surface area contributed by atoms with Gasteiger partial charge in [0.05, 0.1) is 16.9 Å². The fraction of sp³-hybridized carbons (Fsp3) is 0.824. The molecule has 0 radical (unpaired) electrons. The maximum Gasteiger partial charge on any atom is 0.116 e. The summed E-state index contributed by atoms with van der Waals surface area (Å²) in [5.74, 6) is 0. The number of nitrogens with zero attached hydrogens (tertiary/aromatic N) is 1. The van der Waals surface area contributed by atoms with Crippen molar-refractivity contribution in [1.29, 1.82) is 0 Å². The Morgan fingerprint density at radius 2 is 1.90 bits per heavy atom. The topological polar surface area (TPSA) is 34.2 Å². The third-order valence-electron chi connectivity index (χ3n) is 4.75. The highest BCUT2D eigenvalue weighted by Crippen LogP contribution is 2.52. The SMILES string of the molecule is CC(C)NC1(c2nc3c(s2)CCC3)CC(C)(C)OC1(C)C. The monoisotopic (exact) mass is 308 g/mol. The lowest BCUT2D eigenvalue weighted by Gasteiger charge is -2.40. The highest BCUT2D eigenvalue weighted by molar-refractivity contribution is 7.12. The lowest BCUT2D eigenvalue weighted by molar-refractivity contribution is -0.0854. The number of rotatable bonds is 3. The van der Waals surface area contributed by atoms with Gasteiger partial charge in [0, 0.05) is 17.3 Å². The fourth-order valence-electron chi connectivity index (χ4n) is 4.15. The molecule has 0 aromatic carbocycles. The number of hydrogen-bond acceptors (Lipinski definition) is 4. The van der Waals surface area contributed by atoms with E-state index >= 15 is 0 Å². The third-order valence-corrected chi connectivity index (χ3v) is 6.07. The first-order valence-corrected chi connectivity index (χ1v) is 8.94. The van der Waals surface area contributed by atoms with E-state index in [1.807, 2.05) is 11.3 Å². The van der Waals surface area contributed by atoms with E-state index in [-0.39, 0.29) is 16.7 Å². The van der Waals surface area contributed by atoms with Gasteiger partial charge in [0.25, 0.3) is 0 Å². The van der Waals surface area contributed by atoms with Crippen LogP contribution in [0, 0.1) is 0 Å². The van der Waals surface area contributed by atoms with E-state index in [1.54, 1.807) is 0 Å². The van der Waals surface area contributed by atoms with Crippen LogP contribution in [0.5, 0.6) is 0 Å². The lowest BCUT2D eigenvalue weighted by atomic mass is 9.79. The van der Waals surface area contributed by atoms with Gasteiger partial charge < -0.3 is 10.1 Å². The number of nitrogens with one attached hydrogen (secondary N) is 1. The normalized spacial score (nSPS) is 30.0. The van der Waals surface area contributed by atoms with Crippen molar-refractivity contribution >= 4 is 11.3 Å². The predicted molar refractivity (Wildman–Crippen MR) is 87.9 cm³/mol. The van der Waals surface area contributed by atoms with Crippen LogP contribution >= 0.6 is 11.3 Å². The number of aromatic nitrogens is 1. The largest absolute Gasteiger partial charge is 0.367 e. The van der Waals surface area contributed by atoms with Crippen LogP contribution in [-0.2, 0) is 23.1 Å². The second-order valence-electron chi connectivity index (χ2n) is 8.00. The van der Waals surface area contributed by atoms with Crippen molar-refractivity contribution < 1.29 is 4.74 Å². The molecule has 0 saturated carbocycles. The average Bonchev–Trinajstić information content (AvgIpc) is 2.87. The first-order valence-electron chi connectivity index (χ1n) is 8.12. The van der Waals surface area contributed by atoms with Crippen LogP contribution in [0.15, 0.2) is 0 Å². The number of fused-ring (bicyclic) bond motifs is 1. The van der Waals surface area contributed by atoms with E-state index in [9.17, 15) is 0 Å². The molecule has 0 spiro atoms. The summed E-state index contributed by atoms with van der Waals surface area (Å²) in [7, 11) is 0. The van der Waals surface area contributed by atoms with Crippen molar-refractivity contribution in [2.24, 2.45) is 0 Å². The summed E-state index contributed by atoms with van der Waals surface area (Å²) < 4.78 is 6.41. The van der Waals surface area contributed by atoms with Crippen molar-refractivity contribution in [1.82, 2.24) is 10.3 Å². The summed E-state index contributed by atoms with van der Waals surface area (Å²) in [6.07, 6.45) is 4.59. The molecule has 1 aliphatic heterocycles. The van der Waals surface area contributed by atoms with Gasteiger partial charge in [0.2, 0.25) is 0 Å². The molecule has 1 unspecified atom stereocenters. The van der Waals surface area contributed by atoms with E-state index in [1.165, 1.54) is 28.4 Å². The second kappa shape index (κ2) is 4.77. The van der Waals surface area contributed by atoms with Crippen LogP contribution in [0.25, 0.3) is 0 Å². The molecule has 3 rings (SSSR count). The molecule has 21 heavy (non-hydrogen) atoms. The minimum atomic E-state index is -0.258. The van der Waals surface area contributed by atoms with E-state index in [0.717, 1.165) is 12.8 Å². The zero-order valence-electron chi connectivity index (χ0n) is 14.2. The van der Waals surface area contributed by atoms with Crippen molar-refractivity contribution in [2.75, 3.05) is 0 Å². The van der Waals surface area contributed by atoms with Crippen molar-refractivity contribution in [3.05, 3.63) is 15.6 Å². The summed E-state index contributed by atoms with van der Waals surface area (Å²) in [6.45, 7) is 13.2. The highest BCUT2D eigenvalue weighted by atomic mass is 32.1. The third kappa shape index (κ3) is 2.45. The Balaban J connectivity index is 2.08. The lowest BCUT2D eigenvalue weighted by Crippen LogP contribution is -2.56. The summed E-state index contributed by atoms with van der Waals surface area (Å²) in [5, 5.41) is 5.06. The van der Waals surface area contributed by atoms with Gasteiger partial charge in [-0.05, 0) is 60.8 Å². The number of ether oxygens (including phenoxy) is 1. The van der Waals surface area contributed by atoms with Gasteiger partial charge in [-0.1, -0.05) is 0 Å². The zero-order valence-corrected chi connectivity index (χ0v) is 15.0. The molecule has 2 heterocycles. The van der Waals surface area contributed by atoms with Crippen LogP contribution in [0.4, 0.5) is 0 Å². The van der Waals surface area contributed by atoms with Crippen LogP contribution < -0.4 is 5.32 Å². The minimum Gasteiger partial charge on any atom is -0.367 e. The van der Waals surface area contributed by atoms with E-state index in [0.29, 0.717) is 6.04 Å². The average molecular weight is 308 g/mol. The first-order chi connectivity index (χ1) is 9.65. The van der Waals surface area contributed by atoms with Gasteiger partial charge in [0.1, 0.15) is 10.5 Å². The molecule has 1 fully saturated rings. The maximum absolute atomic E-state index is 6.41. The molecule has 1 N–H and O–H groups in total. The Morgan fingerprint density at radius 1 is 1.19 bits per heavy atom. The number of aryl methyl sites for hydroxylation is 2. The van der Waals surface area contributed by atoms with Gasteiger partial charge in [-0.15, -0.1) is 11.3 Å². The van der Waals surface area contributed by atoms with E-state index < -0.39 is 0 Å². The maximum atomic E-state index is 6.41. The molecular weight excluding hydrogens is 280 g/mol. The fourth-order valence-corrected chi connectivity index (χ4v) is 5.60. The summed E-state index contributed by atoms with van der Waals surface area (Å²) >= 11 is 1.91. The Bertz CT molecular complexity index is 525. The molecule has 4 heteroatoms. The molecule has 1 saturated heterocycles. The summed E-state index contributed by atoms with van der Waals surface area (Å²) in [4.78, 5) is 6.53. The molecule has 3 nitrogen and oxygen atoms in total. The van der Waals surface area contributed by atoms with Crippen LogP contribution in [0.1, 0.15) is 70.0 Å². The molecular formula is C17H28N2OS. The molecule has 0 bridgehead atoms. The standard InChI is InChI=1S/C17H28N2OS/c1-11(2)19-17(10-15(3,4)20-16(17,5)6)14-18-12-8-7-9-13(12)21-14/h11,19H,7-10H2,1-6H3. The Morgan fingerprint density at radius 3 is 2.43 bits per heavy atom. The van der Waals surface area contributed by atoms with Crippen molar-refractivity contribution in [3.8, 4) is 0 Å².